The number of aliphatic carboxylic acids is 2. The van der Waals surface area contributed by atoms with Crippen molar-refractivity contribution < 1.29 is 140 Å². The lowest BCUT2D eigenvalue weighted by Crippen LogP contribution is -2.53. The molecule has 4 aliphatic heterocycles. The monoisotopic (exact) mass is 1390 g/mol. The molecule has 2 aromatic heterocycles. The molecule has 98 heavy (non-hydrogen) atoms. The number of esters is 8. The molecule has 3 amide bonds. The minimum absolute atomic E-state index is 0.0198. The van der Waals surface area contributed by atoms with Crippen molar-refractivity contribution in [3.05, 3.63) is 59.2 Å². The lowest BCUT2D eigenvalue weighted by molar-refractivity contribution is -0.176. The number of fused-ring (bicyclic) bond motifs is 2. The Hall–Kier alpha value is -10.1. The molecule has 0 radical (unpaired) electrons. The van der Waals surface area contributed by atoms with Gasteiger partial charge in [0.25, 0.3) is 0 Å². The maximum Gasteiger partial charge on any atom is 0.410 e. The van der Waals surface area contributed by atoms with Crippen molar-refractivity contribution in [2.24, 2.45) is 47.3 Å². The standard InChI is InChI=1S/C14H23NO6.C12H19NO6.C12H17NO5.C10H16O4.C9H9NO4.C7H5NO4/c1-14(2,3)21-13(18)15-7-9(11(16)19-4)6-10(8-15)12(17)20-5;1-12(2,3)19-11(18)13-5-7(9(14)15)4-8(6-13)10(16)17;1-12(2,3)18-11(16)13-5-7-4-8(6-13)10(15)17-9(7)14;1-13-9(11)7-4-3-5-8(6-7)10(12)14-2;1-13-8(11)6-3-7(5-10-4-6)9(12)14-2;9-6(10)4-1-5(7(11)12)3-8-2-4/h9-10H,6-8H2,1-5H3;7-8H,4-6H2,1-3H3,(H,14,15)(H,16,17);7-8H,4-6H2,1-3H3;7-8H,3-6H2,1-2H3;3-5H,1-2H3;1-3H,(H,9,10)(H,11,12)/t;;7-,8+;;;. The molecule has 6 heterocycles. The summed E-state index contributed by atoms with van der Waals surface area (Å²) in [4.78, 5) is 181. The SMILES string of the molecule is CC(C)(C)OC(=O)N1CC(C(=O)O)CC(C(=O)O)C1.CC(C)(C)OC(=O)N1C[C@H]2C[C@@H](C1)C(=O)OC2=O.COC(=O)C1CC(C(=O)OC)CN(C(=O)OC(C)(C)C)C1.COC(=O)C1CCCC(C(=O)OC)C1.COC(=O)c1cncc(C(=O)OC)c1.O=C(O)c1cncc(C(=O)O)c1. The number of piperidine rings is 3. The molecule has 8 atom stereocenters. The van der Waals surface area contributed by atoms with Crippen LogP contribution in [0.1, 0.15) is 149 Å². The number of amides is 3. The van der Waals surface area contributed by atoms with Crippen LogP contribution in [0.4, 0.5) is 14.4 Å². The third-order valence-corrected chi connectivity index (χ3v) is 14.5. The van der Waals surface area contributed by atoms with E-state index in [1.54, 1.807) is 62.3 Å². The molecule has 6 unspecified atom stereocenters. The van der Waals surface area contributed by atoms with Gasteiger partial charge in [-0.25, -0.2) is 33.6 Å². The Kier molecular flexibility index (Phi) is 33.1. The number of aromatic carboxylic acids is 2. The van der Waals surface area contributed by atoms with Crippen LogP contribution in [0.2, 0.25) is 0 Å². The number of ether oxygens (including phenoxy) is 10. The summed E-state index contributed by atoms with van der Waals surface area (Å²) >= 11 is 0. The maximum atomic E-state index is 12.1. The average molecular weight is 1390 g/mol. The third-order valence-electron chi connectivity index (χ3n) is 14.5. The third kappa shape index (κ3) is 28.7. The van der Waals surface area contributed by atoms with Crippen molar-refractivity contribution in [1.29, 1.82) is 0 Å². The van der Waals surface area contributed by atoms with Crippen LogP contribution < -0.4 is 0 Å². The number of rotatable bonds is 10. The number of cyclic esters (lactones) is 2. The van der Waals surface area contributed by atoms with Crippen LogP contribution in [0.5, 0.6) is 0 Å². The maximum absolute atomic E-state index is 12.1. The number of carbonyl (C=O) groups is 15. The van der Waals surface area contributed by atoms with Gasteiger partial charge < -0.3 is 82.5 Å². The van der Waals surface area contributed by atoms with Gasteiger partial charge in [0.1, 0.15) is 16.8 Å². The topological polar surface area (TPSA) is 465 Å². The second-order valence-corrected chi connectivity index (χ2v) is 25.6. The Labute approximate surface area is 565 Å². The number of carboxylic acids is 4. The zero-order valence-corrected chi connectivity index (χ0v) is 57.5. The molecule has 4 saturated heterocycles. The van der Waals surface area contributed by atoms with E-state index >= 15 is 0 Å². The minimum atomic E-state index is -1.19. The fraction of sp³-hybridized carbons (Fsp3) is 0.609. The van der Waals surface area contributed by atoms with Gasteiger partial charge in [-0.05, 0) is 113 Å². The predicted molar refractivity (Wildman–Crippen MR) is 333 cm³/mol. The van der Waals surface area contributed by atoms with E-state index in [2.05, 4.69) is 33.7 Å². The van der Waals surface area contributed by atoms with E-state index in [1.807, 2.05) is 0 Å². The summed E-state index contributed by atoms with van der Waals surface area (Å²) in [6.45, 7) is 16.5. The van der Waals surface area contributed by atoms with Crippen LogP contribution in [-0.2, 0) is 85.7 Å². The van der Waals surface area contributed by atoms with Crippen LogP contribution in [-0.4, -0.2) is 234 Å². The molecule has 4 N–H and O–H groups in total. The Morgan fingerprint density at radius 3 is 0.969 bits per heavy atom. The van der Waals surface area contributed by atoms with Crippen LogP contribution in [0.15, 0.2) is 36.9 Å². The van der Waals surface area contributed by atoms with Gasteiger partial charge in [-0.15, -0.1) is 0 Å². The summed E-state index contributed by atoms with van der Waals surface area (Å²) in [6.07, 6.45) is 7.01. The Morgan fingerprint density at radius 2 is 0.673 bits per heavy atom. The van der Waals surface area contributed by atoms with Crippen molar-refractivity contribution in [1.82, 2.24) is 24.7 Å². The molecular weight excluding hydrogens is 1300 g/mol. The van der Waals surface area contributed by atoms with Crippen LogP contribution in [0.3, 0.4) is 0 Å². The smallest absolute Gasteiger partial charge is 0.410 e. The van der Waals surface area contributed by atoms with Gasteiger partial charge in [0.15, 0.2) is 0 Å². The first-order valence-corrected chi connectivity index (χ1v) is 30.5. The number of hydrogen-bond donors (Lipinski definition) is 4. The molecule has 5 aliphatic rings. The summed E-state index contributed by atoms with van der Waals surface area (Å²) < 4.78 is 48.0. The fourth-order valence-corrected chi connectivity index (χ4v) is 9.89. The van der Waals surface area contributed by atoms with Crippen LogP contribution >= 0.6 is 0 Å². The van der Waals surface area contributed by atoms with E-state index in [4.69, 9.17) is 44.1 Å². The molecule has 0 spiro atoms. The van der Waals surface area contributed by atoms with E-state index in [0.29, 0.717) is 19.3 Å². The lowest BCUT2D eigenvalue weighted by atomic mass is 9.81. The first-order valence-electron chi connectivity index (χ1n) is 30.5. The highest BCUT2D eigenvalue weighted by atomic mass is 16.6. The van der Waals surface area contributed by atoms with Crippen molar-refractivity contribution >= 4 is 89.9 Å². The summed E-state index contributed by atoms with van der Waals surface area (Å²) in [5.74, 6) is -12.0. The van der Waals surface area contributed by atoms with Crippen LogP contribution in [0.25, 0.3) is 0 Å². The lowest BCUT2D eigenvalue weighted by Gasteiger charge is -2.38. The molecule has 2 bridgehead atoms. The first kappa shape index (κ1) is 84.0. The van der Waals surface area contributed by atoms with Crippen LogP contribution in [0, 0.1) is 47.3 Å². The zero-order chi connectivity index (χ0) is 74.7. The van der Waals surface area contributed by atoms with E-state index in [9.17, 15) is 71.9 Å². The fourth-order valence-electron chi connectivity index (χ4n) is 9.89. The summed E-state index contributed by atoms with van der Waals surface area (Å²) in [5.41, 5.74) is -1.76. The normalized spacial score (nSPS) is 20.8. The van der Waals surface area contributed by atoms with Crippen molar-refractivity contribution in [3.8, 4) is 0 Å². The number of pyridine rings is 2. The number of nitrogens with zero attached hydrogens (tertiary/aromatic N) is 5. The summed E-state index contributed by atoms with van der Waals surface area (Å²) in [5, 5.41) is 34.9. The molecule has 1 aliphatic carbocycles. The zero-order valence-electron chi connectivity index (χ0n) is 57.5. The number of carbonyl (C=O) groups excluding carboxylic acids is 11. The second kappa shape index (κ2) is 38.6. The summed E-state index contributed by atoms with van der Waals surface area (Å²) in [7, 11) is 7.83. The van der Waals surface area contributed by atoms with E-state index in [0.717, 1.165) is 42.6 Å². The van der Waals surface area contributed by atoms with Crippen molar-refractivity contribution in [2.75, 3.05) is 81.9 Å². The molecule has 34 heteroatoms. The molecule has 1 saturated carbocycles. The number of aromatic nitrogens is 2. The Bertz CT molecular complexity index is 3030. The largest absolute Gasteiger partial charge is 0.481 e. The van der Waals surface area contributed by atoms with E-state index in [1.165, 1.54) is 70.9 Å². The highest BCUT2D eigenvalue weighted by Crippen LogP contribution is 2.32. The number of carboxylic acid groups (broad SMARTS) is 4. The van der Waals surface area contributed by atoms with Gasteiger partial charge >= 0.3 is 89.9 Å². The van der Waals surface area contributed by atoms with E-state index in [-0.39, 0.29) is 91.7 Å². The number of likely N-dealkylation sites (tertiary alicyclic amines) is 3. The summed E-state index contributed by atoms with van der Waals surface area (Å²) in [6, 6.07) is 2.42. The van der Waals surface area contributed by atoms with E-state index < -0.39 is 130 Å². The number of hydrogen-bond acceptors (Lipinski definition) is 27. The molecule has 0 aromatic carbocycles. The molecule has 7 rings (SSSR count). The quantitative estimate of drug-likeness (QED) is 0.130. The van der Waals surface area contributed by atoms with Gasteiger partial charge in [0.05, 0.1) is 112 Å². The van der Waals surface area contributed by atoms with Gasteiger partial charge in [-0.2, -0.15) is 0 Å². The van der Waals surface area contributed by atoms with Crippen molar-refractivity contribution in [2.45, 2.75) is 124 Å². The molecule has 2 aromatic rings. The minimum Gasteiger partial charge on any atom is -0.481 e. The number of methoxy groups -OCH3 is 6. The molecular formula is C64H89N5O29. The van der Waals surface area contributed by atoms with Gasteiger partial charge in [-0.1, -0.05) is 6.42 Å². The average Bonchev–Trinajstić information content (AvgIpc) is 0.804. The highest BCUT2D eigenvalue weighted by molar-refractivity contribution is 5.95. The van der Waals surface area contributed by atoms with Crippen molar-refractivity contribution in [3.63, 3.8) is 0 Å². The molecule has 544 valence electrons. The molecule has 34 nitrogen and oxygen atoms in total. The predicted octanol–water partition coefficient (Wildman–Crippen LogP) is 5.45. The first-order chi connectivity index (χ1) is 45.5. The van der Waals surface area contributed by atoms with Gasteiger partial charge in [-0.3, -0.25) is 48.3 Å². The highest BCUT2D eigenvalue weighted by Gasteiger charge is 2.45. The van der Waals surface area contributed by atoms with Gasteiger partial charge in [0, 0.05) is 64.1 Å². The van der Waals surface area contributed by atoms with Gasteiger partial charge in [0.2, 0.25) is 0 Å². The molecule has 5 fully saturated rings. The Morgan fingerprint density at radius 1 is 0.398 bits per heavy atom. The second-order valence-electron chi connectivity index (χ2n) is 25.6. The Balaban J connectivity index is 0.000000404.